The molecule has 1 aromatic rings. The molecule has 11 heavy (non-hydrogen) atoms. The van der Waals surface area contributed by atoms with Crippen molar-refractivity contribution in [2.24, 2.45) is 5.73 Å². The normalized spacial score (nSPS) is 12.0. The van der Waals surface area contributed by atoms with Crippen molar-refractivity contribution < 1.29 is 4.42 Å². The van der Waals surface area contributed by atoms with Crippen LogP contribution in [-0.4, -0.2) is 0 Å². The highest BCUT2D eigenvalue weighted by molar-refractivity contribution is 5.67. The van der Waals surface area contributed by atoms with E-state index < -0.39 is 0 Å². The van der Waals surface area contributed by atoms with E-state index in [1.165, 1.54) is 12.5 Å². The molecule has 0 aromatic carbocycles. The Bertz CT molecular complexity index is 303. The molecule has 0 aliphatic carbocycles. The zero-order valence-corrected chi connectivity index (χ0v) is 6.16. The number of nitrogens with zero attached hydrogens (tertiary/aromatic N) is 1. The molecule has 0 saturated heterocycles. The van der Waals surface area contributed by atoms with Crippen molar-refractivity contribution >= 4 is 5.70 Å². The third-order valence-electron chi connectivity index (χ3n) is 1.40. The number of hydrogen-bond acceptors (Lipinski definition) is 3. The summed E-state index contributed by atoms with van der Waals surface area (Å²) in [7, 11) is 0. The van der Waals surface area contributed by atoms with Crippen LogP contribution in [0.5, 0.6) is 0 Å². The minimum atomic E-state index is 0.473. The number of nitriles is 1. The summed E-state index contributed by atoms with van der Waals surface area (Å²) in [6.45, 7) is 1.67. The van der Waals surface area contributed by atoms with Crippen molar-refractivity contribution in [3.05, 3.63) is 29.7 Å². The van der Waals surface area contributed by atoms with Gasteiger partial charge in [-0.05, 0) is 13.0 Å². The van der Waals surface area contributed by atoms with E-state index in [9.17, 15) is 0 Å². The van der Waals surface area contributed by atoms with Crippen molar-refractivity contribution in [1.82, 2.24) is 0 Å². The van der Waals surface area contributed by atoms with Crippen LogP contribution in [0.25, 0.3) is 5.70 Å². The Morgan fingerprint density at radius 2 is 2.45 bits per heavy atom. The number of hydrogen-bond donors (Lipinski definition) is 1. The quantitative estimate of drug-likeness (QED) is 0.613. The Morgan fingerprint density at radius 1 is 1.73 bits per heavy atom. The van der Waals surface area contributed by atoms with Crippen molar-refractivity contribution in [1.29, 1.82) is 5.26 Å². The molecule has 0 radical (unpaired) electrons. The van der Waals surface area contributed by atoms with Crippen molar-refractivity contribution in [2.45, 2.75) is 6.92 Å². The van der Waals surface area contributed by atoms with Crippen LogP contribution in [0.15, 0.2) is 28.6 Å². The zero-order valence-electron chi connectivity index (χ0n) is 6.16. The second-order valence-corrected chi connectivity index (χ2v) is 2.16. The molecule has 0 saturated carbocycles. The Kier molecular flexibility index (Phi) is 1.98. The highest BCUT2D eigenvalue weighted by atomic mass is 16.3. The van der Waals surface area contributed by atoms with E-state index in [4.69, 9.17) is 15.4 Å². The molecule has 1 aromatic heterocycles. The van der Waals surface area contributed by atoms with Gasteiger partial charge in [0.2, 0.25) is 0 Å². The molecular formula is C8H8N2O. The number of furan rings is 1. The minimum Gasteiger partial charge on any atom is -0.472 e. The summed E-state index contributed by atoms with van der Waals surface area (Å²) in [5, 5.41) is 8.49. The third-order valence-corrected chi connectivity index (χ3v) is 1.40. The molecule has 1 rings (SSSR count). The van der Waals surface area contributed by atoms with Gasteiger partial charge in [0.25, 0.3) is 0 Å². The van der Waals surface area contributed by atoms with Crippen LogP contribution in [0.2, 0.25) is 0 Å². The number of nitrogens with two attached hydrogens (primary N) is 1. The van der Waals surface area contributed by atoms with E-state index in [1.807, 2.05) is 6.07 Å². The third kappa shape index (κ3) is 1.41. The topological polar surface area (TPSA) is 63.0 Å². The van der Waals surface area contributed by atoms with E-state index in [0.717, 1.165) is 5.56 Å². The first kappa shape index (κ1) is 7.42. The number of rotatable bonds is 1. The van der Waals surface area contributed by atoms with Crippen molar-refractivity contribution in [3.8, 4) is 6.07 Å². The summed E-state index contributed by atoms with van der Waals surface area (Å²) in [5.74, 6) is 0. The highest BCUT2D eigenvalue weighted by Crippen LogP contribution is 2.12. The molecular weight excluding hydrogens is 140 g/mol. The second-order valence-electron chi connectivity index (χ2n) is 2.16. The standard InChI is InChI=1S/C8H8N2O/c1-6(4-9)8(10)7-2-3-11-5-7/h2-3,5H,10H2,1H3/b8-6-. The van der Waals surface area contributed by atoms with Gasteiger partial charge < -0.3 is 10.2 Å². The van der Waals surface area contributed by atoms with Crippen molar-refractivity contribution in [3.63, 3.8) is 0 Å². The molecule has 56 valence electrons. The molecule has 0 unspecified atom stereocenters. The fourth-order valence-electron chi connectivity index (χ4n) is 0.694. The van der Waals surface area contributed by atoms with E-state index in [1.54, 1.807) is 13.0 Å². The fourth-order valence-corrected chi connectivity index (χ4v) is 0.694. The van der Waals surface area contributed by atoms with Crippen LogP contribution in [0, 0.1) is 11.3 Å². The molecule has 0 atom stereocenters. The maximum absolute atomic E-state index is 8.49. The largest absolute Gasteiger partial charge is 0.472 e. The van der Waals surface area contributed by atoms with Crippen LogP contribution in [-0.2, 0) is 0 Å². The average Bonchev–Trinajstić information content (AvgIpc) is 2.53. The van der Waals surface area contributed by atoms with Gasteiger partial charge in [0.05, 0.1) is 29.9 Å². The zero-order chi connectivity index (χ0) is 8.27. The molecule has 3 nitrogen and oxygen atoms in total. The molecule has 0 amide bonds. The van der Waals surface area contributed by atoms with Gasteiger partial charge in [0.15, 0.2) is 0 Å². The monoisotopic (exact) mass is 148 g/mol. The van der Waals surface area contributed by atoms with E-state index >= 15 is 0 Å². The lowest BCUT2D eigenvalue weighted by atomic mass is 10.1. The SMILES string of the molecule is C/C(C#N)=C(/N)c1ccoc1. The first-order valence-electron chi connectivity index (χ1n) is 3.14. The second kappa shape index (κ2) is 2.93. The summed E-state index contributed by atoms with van der Waals surface area (Å²) >= 11 is 0. The van der Waals surface area contributed by atoms with E-state index in [0.29, 0.717) is 11.3 Å². The van der Waals surface area contributed by atoms with E-state index in [-0.39, 0.29) is 0 Å². The smallest absolute Gasteiger partial charge is 0.0995 e. The van der Waals surface area contributed by atoms with Gasteiger partial charge in [-0.25, -0.2) is 0 Å². The Balaban J connectivity index is 3.05. The lowest BCUT2D eigenvalue weighted by Crippen LogP contribution is -1.96. The van der Waals surface area contributed by atoms with Crippen LogP contribution in [0.4, 0.5) is 0 Å². The summed E-state index contributed by atoms with van der Waals surface area (Å²) < 4.78 is 4.81. The van der Waals surface area contributed by atoms with Gasteiger partial charge in [0, 0.05) is 5.56 Å². The van der Waals surface area contributed by atoms with Gasteiger partial charge in [0.1, 0.15) is 0 Å². The Labute approximate surface area is 64.7 Å². The van der Waals surface area contributed by atoms with Gasteiger partial charge in [-0.2, -0.15) is 5.26 Å². The van der Waals surface area contributed by atoms with Crippen LogP contribution in [0.3, 0.4) is 0 Å². The van der Waals surface area contributed by atoms with Gasteiger partial charge in [-0.3, -0.25) is 0 Å². The molecule has 3 heteroatoms. The maximum Gasteiger partial charge on any atom is 0.0995 e. The van der Waals surface area contributed by atoms with Crippen LogP contribution < -0.4 is 5.73 Å². The fraction of sp³-hybridized carbons (Fsp3) is 0.125. The van der Waals surface area contributed by atoms with Gasteiger partial charge in [-0.15, -0.1) is 0 Å². The lowest BCUT2D eigenvalue weighted by Gasteiger charge is -1.95. The summed E-state index contributed by atoms with van der Waals surface area (Å²) in [6.07, 6.45) is 3.03. The molecule has 1 heterocycles. The average molecular weight is 148 g/mol. The van der Waals surface area contributed by atoms with Crippen LogP contribution in [0.1, 0.15) is 12.5 Å². The lowest BCUT2D eigenvalue weighted by molar-refractivity contribution is 0.566. The predicted molar refractivity (Wildman–Crippen MR) is 41.1 cm³/mol. The summed E-state index contributed by atoms with van der Waals surface area (Å²) in [4.78, 5) is 0. The van der Waals surface area contributed by atoms with Crippen molar-refractivity contribution in [2.75, 3.05) is 0 Å². The predicted octanol–water partition coefficient (Wildman–Crippen LogP) is 1.49. The van der Waals surface area contributed by atoms with Gasteiger partial charge >= 0.3 is 0 Å². The molecule has 0 bridgehead atoms. The molecule has 2 N–H and O–H groups in total. The van der Waals surface area contributed by atoms with E-state index in [2.05, 4.69) is 0 Å². The summed E-state index contributed by atoms with van der Waals surface area (Å²) in [5.41, 5.74) is 7.32. The first-order valence-corrected chi connectivity index (χ1v) is 3.14. The number of allylic oxidation sites excluding steroid dienone is 1. The maximum atomic E-state index is 8.49. The molecule has 0 fully saturated rings. The van der Waals surface area contributed by atoms with Crippen LogP contribution >= 0.6 is 0 Å². The van der Waals surface area contributed by atoms with Gasteiger partial charge in [-0.1, -0.05) is 0 Å². The highest BCUT2D eigenvalue weighted by Gasteiger charge is 2.00. The Morgan fingerprint density at radius 3 is 2.91 bits per heavy atom. The molecule has 0 aliphatic rings. The molecule has 0 spiro atoms. The summed E-state index contributed by atoms with van der Waals surface area (Å²) in [6, 6.07) is 3.68. The Hall–Kier alpha value is -1.69. The first-order chi connectivity index (χ1) is 5.25. The molecule has 0 aliphatic heterocycles. The minimum absolute atomic E-state index is 0.473.